The largest absolute Gasteiger partial charge is 0.472 e. The molecule has 0 amide bonds. The van der Waals surface area contributed by atoms with Crippen molar-refractivity contribution in [1.29, 1.82) is 0 Å². The van der Waals surface area contributed by atoms with Crippen molar-refractivity contribution in [2.45, 2.75) is 256 Å². The molecule has 0 aromatic heterocycles. The number of esters is 1. The van der Waals surface area contributed by atoms with E-state index in [2.05, 4.69) is 62.5 Å². The smallest absolute Gasteiger partial charge is 0.457 e. The molecule has 0 bridgehead atoms. The van der Waals surface area contributed by atoms with E-state index in [1.165, 1.54) is 116 Å². The van der Waals surface area contributed by atoms with Gasteiger partial charge in [-0.1, -0.05) is 204 Å². The summed E-state index contributed by atoms with van der Waals surface area (Å²) in [5, 5.41) is 50.3. The fourth-order valence-corrected chi connectivity index (χ4v) is 8.85. The van der Waals surface area contributed by atoms with Gasteiger partial charge < -0.3 is 39.9 Å². The third-order valence-electron chi connectivity index (χ3n) is 12.0. The third-order valence-corrected chi connectivity index (χ3v) is 13.0. The Bertz CT molecular complexity index is 1260. The van der Waals surface area contributed by atoms with Gasteiger partial charge in [0, 0.05) is 13.0 Å². The number of allylic oxidation sites excluding steroid dienone is 8. The van der Waals surface area contributed by atoms with E-state index < -0.39 is 63.1 Å². The number of carbonyl (C=O) groups excluding carboxylic acids is 1. The average Bonchev–Trinajstić information content (AvgIpc) is 3.29. The SMILES string of the molecule is CC/C=C\C/C=C\C/C=C\C/C=C\CCCCCCCCCCCCC(=O)OC(COCCCCCCCCCCCCCCCCC)COP(=O)(O)OC1C(O)C(O)C(O)C(O)C1O. The summed E-state index contributed by atoms with van der Waals surface area (Å²) in [7, 11) is -5.02. The van der Waals surface area contributed by atoms with Gasteiger partial charge in [-0.25, -0.2) is 4.57 Å². The molecular formula is C52H95O12P. The summed E-state index contributed by atoms with van der Waals surface area (Å²) < 4.78 is 34.3. The Morgan fingerprint density at radius 2 is 0.908 bits per heavy atom. The average molecular weight is 943 g/mol. The van der Waals surface area contributed by atoms with E-state index in [-0.39, 0.29) is 13.0 Å². The van der Waals surface area contributed by atoms with E-state index in [4.69, 9.17) is 18.5 Å². The minimum atomic E-state index is -5.02. The highest BCUT2D eigenvalue weighted by molar-refractivity contribution is 7.47. The first-order valence-corrected chi connectivity index (χ1v) is 27.5. The maximum atomic E-state index is 12.9. The first-order chi connectivity index (χ1) is 31.5. The maximum absolute atomic E-state index is 12.9. The van der Waals surface area contributed by atoms with Crippen LogP contribution in [0, 0.1) is 0 Å². The van der Waals surface area contributed by atoms with Crippen LogP contribution in [0.15, 0.2) is 48.6 Å². The van der Waals surface area contributed by atoms with Crippen molar-refractivity contribution in [3.63, 3.8) is 0 Å². The third kappa shape index (κ3) is 34.3. The standard InChI is InChI=1S/C52H95O12P/c1-3-5-7-9-11-13-15-17-19-20-21-22-23-24-25-26-27-29-31-33-35-37-39-41-46(53)63-45(44-62-65(59,60)64-52-50(57)48(55)47(54)49(56)51(52)58)43-61-42-40-38-36-34-32-30-28-18-16-14-12-10-8-6-4-2/h5,7,11,13,17,19,21-22,45,47-52,54-58H,3-4,6,8-10,12,14-16,18,20,23-44H2,1-2H3,(H,59,60)/b7-5-,13-11-,19-17-,22-21-. The molecule has 6 N–H and O–H groups in total. The molecule has 1 fully saturated rings. The highest BCUT2D eigenvalue weighted by Gasteiger charge is 2.51. The first kappa shape index (κ1) is 61.3. The van der Waals surface area contributed by atoms with Crippen LogP contribution < -0.4 is 0 Å². The van der Waals surface area contributed by atoms with Crippen LogP contribution in [0.4, 0.5) is 0 Å². The lowest BCUT2D eigenvalue weighted by atomic mass is 9.85. The highest BCUT2D eigenvalue weighted by atomic mass is 31.2. The number of rotatable bonds is 44. The van der Waals surface area contributed by atoms with Gasteiger partial charge in [-0.15, -0.1) is 0 Å². The molecule has 1 saturated carbocycles. The Morgan fingerprint density at radius 1 is 0.508 bits per heavy atom. The van der Waals surface area contributed by atoms with Crippen molar-refractivity contribution < 1.29 is 58.3 Å². The second-order valence-electron chi connectivity index (χ2n) is 18.0. The molecular weight excluding hydrogens is 848 g/mol. The Balaban J connectivity index is 2.32. The molecule has 0 saturated heterocycles. The van der Waals surface area contributed by atoms with E-state index in [0.29, 0.717) is 13.0 Å². The summed E-state index contributed by atoms with van der Waals surface area (Å²) in [5.41, 5.74) is 0. The number of ether oxygens (including phenoxy) is 2. The number of unbranched alkanes of at least 4 members (excludes halogenated alkanes) is 24. The highest BCUT2D eigenvalue weighted by Crippen LogP contribution is 2.47. The molecule has 65 heavy (non-hydrogen) atoms. The second kappa shape index (κ2) is 42.4. The Labute approximate surface area is 395 Å². The van der Waals surface area contributed by atoms with Crippen molar-refractivity contribution >= 4 is 13.8 Å². The van der Waals surface area contributed by atoms with Crippen molar-refractivity contribution in [2.24, 2.45) is 0 Å². The lowest BCUT2D eigenvalue weighted by Crippen LogP contribution is -2.64. The molecule has 0 aromatic carbocycles. The minimum absolute atomic E-state index is 0.0763. The zero-order chi connectivity index (χ0) is 47.6. The molecule has 6 atom stereocenters. The van der Waals surface area contributed by atoms with Crippen LogP contribution in [0.2, 0.25) is 0 Å². The van der Waals surface area contributed by atoms with Gasteiger partial charge in [0.25, 0.3) is 0 Å². The number of hydrogen-bond donors (Lipinski definition) is 6. The van der Waals surface area contributed by atoms with Crippen LogP contribution in [-0.4, -0.2) is 98.9 Å². The van der Waals surface area contributed by atoms with Crippen LogP contribution in [0.5, 0.6) is 0 Å². The van der Waals surface area contributed by atoms with Gasteiger partial charge in [-0.05, 0) is 51.4 Å². The predicted molar refractivity (Wildman–Crippen MR) is 262 cm³/mol. The number of phosphoric acid groups is 1. The molecule has 0 aromatic rings. The molecule has 1 aliphatic rings. The van der Waals surface area contributed by atoms with E-state index in [9.17, 15) is 39.8 Å². The Morgan fingerprint density at radius 3 is 1.38 bits per heavy atom. The second-order valence-corrected chi connectivity index (χ2v) is 19.4. The van der Waals surface area contributed by atoms with E-state index >= 15 is 0 Å². The van der Waals surface area contributed by atoms with Gasteiger partial charge >= 0.3 is 13.8 Å². The monoisotopic (exact) mass is 943 g/mol. The molecule has 0 heterocycles. The minimum Gasteiger partial charge on any atom is -0.457 e. The Kier molecular flexibility index (Phi) is 40.0. The topological polar surface area (TPSA) is 192 Å². The summed E-state index contributed by atoms with van der Waals surface area (Å²) in [4.78, 5) is 23.2. The normalized spacial score (nSPS) is 21.9. The maximum Gasteiger partial charge on any atom is 0.472 e. The molecule has 12 nitrogen and oxygen atoms in total. The summed E-state index contributed by atoms with van der Waals surface area (Å²) in [6.07, 6.45) is 40.3. The number of hydrogen-bond acceptors (Lipinski definition) is 11. The molecule has 6 unspecified atom stereocenters. The number of aliphatic hydroxyl groups is 5. The number of carbonyl (C=O) groups is 1. The van der Waals surface area contributed by atoms with E-state index in [1.807, 2.05) is 0 Å². The van der Waals surface area contributed by atoms with Gasteiger partial charge in [0.05, 0.1) is 13.2 Å². The fraction of sp³-hybridized carbons (Fsp3) is 0.827. The zero-order valence-corrected chi connectivity index (χ0v) is 41.7. The molecule has 0 radical (unpaired) electrons. The van der Waals surface area contributed by atoms with Gasteiger partial charge in [0.1, 0.15) is 42.7 Å². The Hall–Kier alpha value is -1.70. The molecule has 13 heteroatoms. The molecule has 0 aliphatic heterocycles. The van der Waals surface area contributed by atoms with Crippen LogP contribution >= 0.6 is 7.82 Å². The zero-order valence-electron chi connectivity index (χ0n) is 40.8. The number of phosphoric ester groups is 1. The quantitative estimate of drug-likeness (QED) is 0.0147. The van der Waals surface area contributed by atoms with Crippen molar-refractivity contribution in [3.8, 4) is 0 Å². The summed E-state index contributed by atoms with van der Waals surface area (Å²) in [5.74, 6) is -0.480. The van der Waals surface area contributed by atoms with E-state index in [0.717, 1.165) is 70.6 Å². The summed E-state index contributed by atoms with van der Waals surface area (Å²) in [6.45, 7) is 4.17. The van der Waals surface area contributed by atoms with Crippen LogP contribution in [0.3, 0.4) is 0 Å². The predicted octanol–water partition coefficient (Wildman–Crippen LogP) is 11.6. The summed E-state index contributed by atoms with van der Waals surface area (Å²) >= 11 is 0. The van der Waals surface area contributed by atoms with Crippen LogP contribution in [0.1, 0.15) is 213 Å². The molecule has 0 spiro atoms. The van der Waals surface area contributed by atoms with Gasteiger partial charge in [0.2, 0.25) is 0 Å². The molecule has 380 valence electrons. The first-order valence-electron chi connectivity index (χ1n) is 26.0. The van der Waals surface area contributed by atoms with Crippen LogP contribution in [-0.2, 0) is 27.9 Å². The van der Waals surface area contributed by atoms with Gasteiger partial charge in [-0.2, -0.15) is 0 Å². The van der Waals surface area contributed by atoms with Crippen LogP contribution in [0.25, 0.3) is 0 Å². The summed E-state index contributed by atoms with van der Waals surface area (Å²) in [6, 6.07) is 0. The lowest BCUT2D eigenvalue weighted by Gasteiger charge is -2.41. The van der Waals surface area contributed by atoms with E-state index in [1.54, 1.807) is 0 Å². The van der Waals surface area contributed by atoms with Gasteiger partial charge in [-0.3, -0.25) is 13.8 Å². The van der Waals surface area contributed by atoms with Crippen molar-refractivity contribution in [1.82, 2.24) is 0 Å². The van der Waals surface area contributed by atoms with Crippen molar-refractivity contribution in [3.05, 3.63) is 48.6 Å². The fourth-order valence-electron chi connectivity index (χ4n) is 7.88. The van der Waals surface area contributed by atoms with Crippen molar-refractivity contribution in [2.75, 3.05) is 19.8 Å². The number of aliphatic hydroxyl groups excluding tert-OH is 5. The molecule has 1 rings (SSSR count). The molecule has 1 aliphatic carbocycles. The lowest BCUT2D eigenvalue weighted by molar-refractivity contribution is -0.220. The van der Waals surface area contributed by atoms with Gasteiger partial charge in [0.15, 0.2) is 0 Å².